The molecule has 0 aliphatic carbocycles. The second-order valence-corrected chi connectivity index (χ2v) is 10.4. The fraction of sp³-hybridized carbons (Fsp3) is 0.720. The fourth-order valence-corrected chi connectivity index (χ4v) is 4.72. The molecule has 0 spiro atoms. The summed E-state index contributed by atoms with van der Waals surface area (Å²) in [5.74, 6) is 0.586. The Bertz CT molecular complexity index is 877. The molecule has 3 atom stereocenters. The van der Waals surface area contributed by atoms with Crippen molar-refractivity contribution in [3.8, 4) is 0 Å². The van der Waals surface area contributed by atoms with E-state index in [9.17, 15) is 9.59 Å². The summed E-state index contributed by atoms with van der Waals surface area (Å²) in [4.78, 5) is 29.2. The van der Waals surface area contributed by atoms with Gasteiger partial charge in [0.15, 0.2) is 11.5 Å². The summed E-state index contributed by atoms with van der Waals surface area (Å²) in [5.41, 5.74) is -1.80. The Morgan fingerprint density at radius 2 is 1.94 bits per heavy atom. The summed E-state index contributed by atoms with van der Waals surface area (Å²) in [5, 5.41) is 2.89. The van der Waals surface area contributed by atoms with Crippen LogP contribution >= 0.6 is 0 Å². The summed E-state index contributed by atoms with van der Waals surface area (Å²) < 4.78 is 26.7. The van der Waals surface area contributed by atoms with Crippen molar-refractivity contribution in [2.45, 2.75) is 97.2 Å². The highest BCUT2D eigenvalue weighted by molar-refractivity contribution is 5.85. The van der Waals surface area contributed by atoms with E-state index in [1.165, 1.54) is 12.3 Å². The Balaban J connectivity index is 1.76. The van der Waals surface area contributed by atoms with Crippen LogP contribution in [0.3, 0.4) is 0 Å². The number of hydrogen-bond donors (Lipinski definition) is 1. The molecule has 0 bridgehead atoms. The molecule has 32 heavy (non-hydrogen) atoms. The number of oxazole rings is 1. The number of nitrogens with zero attached hydrogens (tertiary/aromatic N) is 1. The van der Waals surface area contributed by atoms with Crippen LogP contribution < -0.4 is 5.32 Å². The topological polar surface area (TPSA) is 84.7 Å². The highest BCUT2D eigenvalue weighted by Gasteiger charge is 2.68. The minimum atomic E-state index is -1.07. The van der Waals surface area contributed by atoms with Gasteiger partial charge in [0.25, 0.3) is 0 Å². The van der Waals surface area contributed by atoms with E-state index in [0.29, 0.717) is 49.7 Å². The summed E-state index contributed by atoms with van der Waals surface area (Å²) >= 11 is 0. The van der Waals surface area contributed by atoms with Crippen molar-refractivity contribution in [3.05, 3.63) is 23.7 Å². The molecule has 3 unspecified atom stereocenters. The van der Waals surface area contributed by atoms with Crippen molar-refractivity contribution in [1.29, 1.82) is 0 Å². The van der Waals surface area contributed by atoms with Crippen LogP contribution in [0.5, 0.6) is 0 Å². The molecule has 0 radical (unpaired) electrons. The van der Waals surface area contributed by atoms with Crippen molar-refractivity contribution < 1.29 is 23.1 Å². The number of ketones is 1. The maximum absolute atomic E-state index is 15.5. The summed E-state index contributed by atoms with van der Waals surface area (Å²) in [6.07, 6.45) is 7.84. The molecule has 2 aliphatic rings. The smallest absolute Gasteiger partial charge is 0.220 e. The standard InChI is InChI=1S/C25H37FN2O4/c1-17-7-6-11-24(5)25(32-24,20(26)15-19-16-31-18(2)28-19)13-14-27-22(30)10-12-23(3,4)21(29)9-8-17/h15-17H,6-14H2,1-5H3,(H,27,30). The summed E-state index contributed by atoms with van der Waals surface area (Å²) in [6.45, 7) is 9.95. The Kier molecular flexibility index (Phi) is 7.28. The van der Waals surface area contributed by atoms with E-state index in [1.54, 1.807) is 6.92 Å². The molecule has 7 heteroatoms. The first-order valence-corrected chi connectivity index (χ1v) is 11.8. The predicted octanol–water partition coefficient (Wildman–Crippen LogP) is 5.30. The number of carbonyl (C=O) groups is 2. The highest BCUT2D eigenvalue weighted by atomic mass is 19.1. The van der Waals surface area contributed by atoms with Crippen LogP contribution in [0.2, 0.25) is 0 Å². The maximum atomic E-state index is 15.5. The molecular formula is C25H37FN2O4. The van der Waals surface area contributed by atoms with E-state index in [4.69, 9.17) is 9.15 Å². The first kappa shape index (κ1) is 24.6. The molecule has 0 aromatic carbocycles. The lowest BCUT2D eigenvalue weighted by molar-refractivity contribution is -0.128. The van der Waals surface area contributed by atoms with Gasteiger partial charge in [-0.2, -0.15) is 0 Å². The largest absolute Gasteiger partial charge is 0.449 e. The summed E-state index contributed by atoms with van der Waals surface area (Å²) in [7, 11) is 0. The number of ether oxygens (including phenoxy) is 1. The van der Waals surface area contributed by atoms with Gasteiger partial charge in [0.2, 0.25) is 5.91 Å². The first-order valence-electron chi connectivity index (χ1n) is 11.8. The minimum absolute atomic E-state index is 0.125. The van der Waals surface area contributed by atoms with Crippen molar-refractivity contribution in [2.75, 3.05) is 6.54 Å². The van der Waals surface area contributed by atoms with Gasteiger partial charge in [0.05, 0.1) is 0 Å². The summed E-state index contributed by atoms with van der Waals surface area (Å²) in [6, 6.07) is 0. The zero-order valence-electron chi connectivity index (χ0n) is 20.1. The van der Waals surface area contributed by atoms with E-state index in [0.717, 1.165) is 19.3 Å². The third-order valence-electron chi connectivity index (χ3n) is 7.26. The van der Waals surface area contributed by atoms with Crippen molar-refractivity contribution in [2.24, 2.45) is 11.3 Å². The average Bonchev–Trinajstić information content (AvgIpc) is 3.10. The molecule has 1 amide bonds. The number of aromatic nitrogens is 1. The minimum Gasteiger partial charge on any atom is -0.449 e. The Labute approximate surface area is 190 Å². The Hall–Kier alpha value is -2.02. The molecular weight excluding hydrogens is 411 g/mol. The molecule has 6 nitrogen and oxygen atoms in total. The molecule has 178 valence electrons. The van der Waals surface area contributed by atoms with Gasteiger partial charge in [-0.05, 0) is 32.1 Å². The molecule has 1 N–H and O–H groups in total. The van der Waals surface area contributed by atoms with Crippen molar-refractivity contribution in [1.82, 2.24) is 10.3 Å². The average molecular weight is 449 g/mol. The van der Waals surface area contributed by atoms with Crippen LogP contribution in [0.15, 0.2) is 16.5 Å². The van der Waals surface area contributed by atoms with E-state index in [-0.39, 0.29) is 23.9 Å². The van der Waals surface area contributed by atoms with E-state index < -0.39 is 16.6 Å². The van der Waals surface area contributed by atoms with Crippen LogP contribution in [-0.2, 0) is 14.3 Å². The van der Waals surface area contributed by atoms with Gasteiger partial charge in [-0.1, -0.05) is 33.6 Å². The third kappa shape index (κ3) is 5.48. The number of halogens is 1. The fourth-order valence-electron chi connectivity index (χ4n) is 4.72. The quantitative estimate of drug-likeness (QED) is 0.620. The van der Waals surface area contributed by atoms with Gasteiger partial charge < -0.3 is 14.5 Å². The lowest BCUT2D eigenvalue weighted by atomic mass is 9.79. The van der Waals surface area contributed by atoms with Crippen molar-refractivity contribution in [3.63, 3.8) is 0 Å². The highest BCUT2D eigenvalue weighted by Crippen LogP contribution is 2.58. The number of carbonyl (C=O) groups excluding carboxylic acids is 2. The lowest BCUT2D eigenvalue weighted by Gasteiger charge is -2.24. The zero-order valence-corrected chi connectivity index (χ0v) is 20.1. The van der Waals surface area contributed by atoms with Gasteiger partial charge in [-0.25, -0.2) is 9.37 Å². The molecule has 2 aliphatic heterocycles. The normalized spacial score (nSPS) is 32.8. The lowest BCUT2D eigenvalue weighted by Crippen LogP contribution is -2.33. The number of nitrogens with one attached hydrogen (secondary N) is 1. The van der Waals surface area contributed by atoms with E-state index >= 15 is 4.39 Å². The monoisotopic (exact) mass is 448 g/mol. The number of aryl methyl sites for hydroxylation is 1. The van der Waals surface area contributed by atoms with E-state index in [2.05, 4.69) is 17.2 Å². The van der Waals surface area contributed by atoms with Crippen LogP contribution in [0.25, 0.3) is 6.08 Å². The maximum Gasteiger partial charge on any atom is 0.220 e. The SMILES string of the molecule is Cc1nc(C=C(F)C23CCNC(=O)CCC(C)(C)C(=O)CCC(C)CCCC2(C)O3)co1. The van der Waals surface area contributed by atoms with Crippen LogP contribution in [-0.4, -0.2) is 34.4 Å². The van der Waals surface area contributed by atoms with Crippen LogP contribution in [0.4, 0.5) is 4.39 Å². The predicted molar refractivity (Wildman–Crippen MR) is 120 cm³/mol. The second kappa shape index (κ2) is 9.46. The molecule has 2 saturated heterocycles. The number of amides is 1. The molecule has 0 saturated carbocycles. The van der Waals surface area contributed by atoms with Gasteiger partial charge in [-0.3, -0.25) is 9.59 Å². The molecule has 1 aromatic rings. The van der Waals surface area contributed by atoms with Crippen LogP contribution in [0, 0.1) is 18.3 Å². The van der Waals surface area contributed by atoms with Gasteiger partial charge in [0.1, 0.15) is 29.2 Å². The number of Topliss-reactive ketones (excluding diaryl/α,β-unsaturated/α-hetero) is 1. The molecule has 3 rings (SSSR count). The number of rotatable bonds is 2. The Morgan fingerprint density at radius 1 is 1.19 bits per heavy atom. The first-order chi connectivity index (χ1) is 15.0. The number of fused-ring (bicyclic) bond motifs is 1. The van der Waals surface area contributed by atoms with Gasteiger partial charge in [-0.15, -0.1) is 0 Å². The van der Waals surface area contributed by atoms with Crippen LogP contribution in [0.1, 0.15) is 90.6 Å². The number of hydrogen-bond acceptors (Lipinski definition) is 5. The Morgan fingerprint density at radius 3 is 2.62 bits per heavy atom. The second-order valence-electron chi connectivity index (χ2n) is 10.4. The van der Waals surface area contributed by atoms with Gasteiger partial charge in [0, 0.05) is 44.2 Å². The third-order valence-corrected chi connectivity index (χ3v) is 7.26. The van der Waals surface area contributed by atoms with E-state index in [1.807, 2.05) is 20.8 Å². The number of epoxide rings is 1. The zero-order chi connectivity index (χ0) is 23.6. The van der Waals surface area contributed by atoms with Crippen molar-refractivity contribution >= 4 is 17.8 Å². The molecule has 2 fully saturated rings. The molecule has 3 heterocycles. The molecule has 1 aromatic heterocycles. The van der Waals surface area contributed by atoms with Gasteiger partial charge >= 0.3 is 0 Å².